The van der Waals surface area contributed by atoms with Gasteiger partial charge in [0.25, 0.3) is 0 Å². The number of nitrogens with zero attached hydrogens (tertiary/aromatic N) is 1. The number of halogens is 1. The highest BCUT2D eigenvalue weighted by Gasteiger charge is 2.10. The van der Waals surface area contributed by atoms with Crippen LogP contribution in [0.4, 0.5) is 0 Å². The zero-order valence-electron chi connectivity index (χ0n) is 17.0. The Hall–Kier alpha value is -2.11. The fourth-order valence-corrected chi connectivity index (χ4v) is 3.41. The standard InChI is InChI=1S/C21H28N4O3S.HI/c1-3-14-28-20-12-8-7-11-19(20)17-24-21(22-2)23-13-15-29(26,27)25-16-18-9-5-4-6-10-18;/h3-12,25H,1,13-17H2,2H3,(H2,22,23,24);1H. The van der Waals surface area contributed by atoms with E-state index < -0.39 is 10.0 Å². The molecule has 0 unspecified atom stereocenters. The van der Waals surface area contributed by atoms with Crippen molar-refractivity contribution < 1.29 is 13.2 Å². The lowest BCUT2D eigenvalue weighted by atomic mass is 10.2. The van der Waals surface area contributed by atoms with E-state index in [0.717, 1.165) is 16.9 Å². The first kappa shape index (κ1) is 25.9. The van der Waals surface area contributed by atoms with Gasteiger partial charge in [-0.1, -0.05) is 61.2 Å². The van der Waals surface area contributed by atoms with Crippen molar-refractivity contribution in [1.82, 2.24) is 15.4 Å². The summed E-state index contributed by atoms with van der Waals surface area (Å²) in [5.74, 6) is 1.23. The van der Waals surface area contributed by atoms with Crippen molar-refractivity contribution in [1.29, 1.82) is 0 Å². The maximum atomic E-state index is 12.2. The average molecular weight is 544 g/mol. The molecule has 2 aromatic carbocycles. The SMILES string of the molecule is C=CCOc1ccccc1CNC(=NC)NCCS(=O)(=O)NCc1ccccc1.I. The summed E-state index contributed by atoms with van der Waals surface area (Å²) in [5.41, 5.74) is 1.88. The van der Waals surface area contributed by atoms with E-state index in [-0.39, 0.29) is 42.8 Å². The number of para-hydroxylation sites is 1. The molecule has 0 atom stereocenters. The number of hydrogen-bond acceptors (Lipinski definition) is 4. The lowest BCUT2D eigenvalue weighted by Crippen LogP contribution is -2.40. The molecule has 2 rings (SSSR count). The summed E-state index contributed by atoms with van der Waals surface area (Å²) in [6, 6.07) is 17.1. The van der Waals surface area contributed by atoms with Crippen LogP contribution < -0.4 is 20.1 Å². The Morgan fingerprint density at radius 3 is 2.47 bits per heavy atom. The maximum Gasteiger partial charge on any atom is 0.213 e. The van der Waals surface area contributed by atoms with Crippen LogP contribution in [-0.4, -0.2) is 40.3 Å². The second-order valence-corrected chi connectivity index (χ2v) is 8.11. The molecule has 0 aliphatic rings. The van der Waals surface area contributed by atoms with Gasteiger partial charge in [0.2, 0.25) is 10.0 Å². The first-order valence-corrected chi connectivity index (χ1v) is 11.0. The predicted octanol–water partition coefficient (Wildman–Crippen LogP) is 2.65. The van der Waals surface area contributed by atoms with E-state index >= 15 is 0 Å². The topological polar surface area (TPSA) is 91.8 Å². The van der Waals surface area contributed by atoms with Gasteiger partial charge in [-0.3, -0.25) is 4.99 Å². The molecule has 9 heteroatoms. The van der Waals surface area contributed by atoms with Gasteiger partial charge < -0.3 is 15.4 Å². The van der Waals surface area contributed by atoms with Crippen LogP contribution >= 0.6 is 24.0 Å². The Morgan fingerprint density at radius 1 is 1.07 bits per heavy atom. The molecule has 0 bridgehead atoms. The van der Waals surface area contributed by atoms with E-state index in [4.69, 9.17) is 4.74 Å². The van der Waals surface area contributed by atoms with Crippen LogP contribution in [0.25, 0.3) is 0 Å². The molecule has 2 aromatic rings. The Balaban J connectivity index is 0.00000450. The Morgan fingerprint density at radius 2 is 1.77 bits per heavy atom. The normalized spacial score (nSPS) is 11.3. The third kappa shape index (κ3) is 9.59. The minimum Gasteiger partial charge on any atom is -0.489 e. The number of sulfonamides is 1. The van der Waals surface area contributed by atoms with Crippen LogP contribution in [0.15, 0.2) is 72.2 Å². The number of rotatable bonds is 11. The third-order valence-electron chi connectivity index (χ3n) is 4.00. The summed E-state index contributed by atoms with van der Waals surface area (Å²) < 4.78 is 32.6. The number of nitrogens with one attached hydrogen (secondary N) is 3. The number of ether oxygens (including phenoxy) is 1. The lowest BCUT2D eigenvalue weighted by molar-refractivity contribution is 0.358. The van der Waals surface area contributed by atoms with Gasteiger partial charge in [-0.15, -0.1) is 24.0 Å². The highest BCUT2D eigenvalue weighted by atomic mass is 127. The predicted molar refractivity (Wildman–Crippen MR) is 133 cm³/mol. The molecular weight excluding hydrogens is 515 g/mol. The number of aliphatic imine (C=N–C) groups is 1. The number of hydrogen-bond donors (Lipinski definition) is 3. The van der Waals surface area contributed by atoms with E-state index in [1.54, 1.807) is 13.1 Å². The highest BCUT2D eigenvalue weighted by molar-refractivity contribution is 14.0. The van der Waals surface area contributed by atoms with E-state index in [9.17, 15) is 8.42 Å². The van der Waals surface area contributed by atoms with Crippen LogP contribution in [0.5, 0.6) is 5.75 Å². The molecule has 0 saturated heterocycles. The smallest absolute Gasteiger partial charge is 0.213 e. The number of benzene rings is 2. The molecule has 0 aliphatic heterocycles. The van der Waals surface area contributed by atoms with Gasteiger partial charge in [-0.25, -0.2) is 13.1 Å². The zero-order valence-corrected chi connectivity index (χ0v) is 20.2. The number of guanidine groups is 1. The van der Waals surface area contributed by atoms with Crippen molar-refractivity contribution in [2.45, 2.75) is 13.1 Å². The monoisotopic (exact) mass is 544 g/mol. The largest absolute Gasteiger partial charge is 0.489 e. The minimum atomic E-state index is -3.39. The van der Waals surface area contributed by atoms with Gasteiger partial charge >= 0.3 is 0 Å². The Kier molecular flexibility index (Phi) is 12.1. The Labute approximate surface area is 196 Å². The quantitative estimate of drug-likeness (QED) is 0.175. The fraction of sp³-hybridized carbons (Fsp3) is 0.286. The second kappa shape index (κ2) is 14.0. The van der Waals surface area contributed by atoms with Gasteiger partial charge in [0.1, 0.15) is 12.4 Å². The van der Waals surface area contributed by atoms with Crippen molar-refractivity contribution in [2.24, 2.45) is 4.99 Å². The molecule has 3 N–H and O–H groups in total. The van der Waals surface area contributed by atoms with E-state index in [2.05, 4.69) is 26.9 Å². The van der Waals surface area contributed by atoms with Gasteiger partial charge in [0.05, 0.1) is 5.75 Å². The zero-order chi connectivity index (χ0) is 21.0. The molecule has 0 saturated carbocycles. The molecule has 0 fully saturated rings. The van der Waals surface area contributed by atoms with Gasteiger partial charge in [-0.05, 0) is 11.6 Å². The van der Waals surface area contributed by atoms with Crippen LogP contribution in [0.1, 0.15) is 11.1 Å². The highest BCUT2D eigenvalue weighted by Crippen LogP contribution is 2.17. The molecule has 7 nitrogen and oxygen atoms in total. The molecule has 0 aliphatic carbocycles. The molecule has 0 heterocycles. The van der Waals surface area contributed by atoms with Gasteiger partial charge in [0.15, 0.2) is 5.96 Å². The van der Waals surface area contributed by atoms with Crippen LogP contribution in [0.2, 0.25) is 0 Å². The second-order valence-electron chi connectivity index (χ2n) is 6.19. The van der Waals surface area contributed by atoms with Gasteiger partial charge in [-0.2, -0.15) is 0 Å². The molecular formula is C21H29IN4O3S. The van der Waals surface area contributed by atoms with Crippen molar-refractivity contribution >= 4 is 40.0 Å². The van der Waals surface area contributed by atoms with E-state index in [0.29, 0.717) is 19.1 Å². The van der Waals surface area contributed by atoms with Crippen LogP contribution in [-0.2, 0) is 23.1 Å². The first-order valence-electron chi connectivity index (χ1n) is 9.31. The summed E-state index contributed by atoms with van der Waals surface area (Å²) >= 11 is 0. The Bertz CT molecular complexity index is 905. The average Bonchev–Trinajstić information content (AvgIpc) is 2.74. The molecule has 30 heavy (non-hydrogen) atoms. The van der Waals surface area contributed by atoms with Crippen molar-refractivity contribution in [3.05, 3.63) is 78.4 Å². The lowest BCUT2D eigenvalue weighted by Gasteiger charge is -2.14. The molecule has 0 spiro atoms. The molecule has 0 amide bonds. The summed E-state index contributed by atoms with van der Waals surface area (Å²) in [6.45, 7) is 5.08. The minimum absolute atomic E-state index is 0. The van der Waals surface area contributed by atoms with Crippen LogP contribution in [0, 0.1) is 0 Å². The summed E-state index contributed by atoms with van der Waals surface area (Å²) in [7, 11) is -1.76. The molecule has 0 aromatic heterocycles. The van der Waals surface area contributed by atoms with Gasteiger partial charge in [0, 0.05) is 32.2 Å². The molecule has 164 valence electrons. The van der Waals surface area contributed by atoms with E-state index in [1.165, 1.54) is 0 Å². The van der Waals surface area contributed by atoms with Crippen molar-refractivity contribution in [3.8, 4) is 5.75 Å². The van der Waals surface area contributed by atoms with Crippen molar-refractivity contribution in [2.75, 3.05) is 26.0 Å². The molecule has 0 radical (unpaired) electrons. The fourth-order valence-electron chi connectivity index (χ4n) is 2.50. The maximum absolute atomic E-state index is 12.2. The summed E-state index contributed by atoms with van der Waals surface area (Å²) in [5, 5.41) is 6.18. The van der Waals surface area contributed by atoms with E-state index in [1.807, 2.05) is 54.6 Å². The summed E-state index contributed by atoms with van der Waals surface area (Å²) in [4.78, 5) is 4.13. The third-order valence-corrected chi connectivity index (χ3v) is 5.33. The van der Waals surface area contributed by atoms with Crippen molar-refractivity contribution in [3.63, 3.8) is 0 Å². The first-order chi connectivity index (χ1) is 14.0. The van der Waals surface area contributed by atoms with Crippen LogP contribution in [0.3, 0.4) is 0 Å². The summed E-state index contributed by atoms with van der Waals surface area (Å²) in [6.07, 6.45) is 1.69.